The third kappa shape index (κ3) is 2.11. The van der Waals surface area contributed by atoms with Gasteiger partial charge in [-0.25, -0.2) is 0 Å². The first kappa shape index (κ1) is 10.4. The van der Waals surface area contributed by atoms with Crippen molar-refractivity contribution in [3.8, 4) is 0 Å². The van der Waals surface area contributed by atoms with Crippen LogP contribution in [-0.2, 0) is 0 Å². The molecule has 0 fully saturated rings. The van der Waals surface area contributed by atoms with Crippen molar-refractivity contribution in [3.05, 3.63) is 57.8 Å². The SMILES string of the molecule is CC1=CCC=C(c2cccc([N+](=O)[O-])c2)N1. The average molecular weight is 216 g/mol. The lowest BCUT2D eigenvalue weighted by Crippen LogP contribution is -2.12. The topological polar surface area (TPSA) is 55.2 Å². The molecule has 0 radical (unpaired) electrons. The molecule has 0 spiro atoms. The molecule has 1 aromatic rings. The summed E-state index contributed by atoms with van der Waals surface area (Å²) in [5.74, 6) is 0. The second-order valence-corrected chi connectivity index (χ2v) is 3.67. The molecule has 4 nitrogen and oxygen atoms in total. The van der Waals surface area contributed by atoms with E-state index in [1.165, 1.54) is 6.07 Å². The molecule has 0 atom stereocenters. The minimum Gasteiger partial charge on any atom is -0.359 e. The van der Waals surface area contributed by atoms with Crippen molar-refractivity contribution >= 4 is 11.4 Å². The van der Waals surface area contributed by atoms with E-state index in [4.69, 9.17) is 0 Å². The van der Waals surface area contributed by atoms with Gasteiger partial charge in [-0.2, -0.15) is 0 Å². The fraction of sp³-hybridized carbons (Fsp3) is 0.167. The predicted molar refractivity (Wildman–Crippen MR) is 62.6 cm³/mol. The van der Waals surface area contributed by atoms with Gasteiger partial charge in [0.1, 0.15) is 0 Å². The van der Waals surface area contributed by atoms with Crippen molar-refractivity contribution in [1.29, 1.82) is 0 Å². The highest BCUT2D eigenvalue weighted by Crippen LogP contribution is 2.21. The molecule has 1 N–H and O–H groups in total. The fourth-order valence-electron chi connectivity index (χ4n) is 1.65. The number of rotatable bonds is 2. The molecule has 2 rings (SSSR count). The molecule has 82 valence electrons. The van der Waals surface area contributed by atoms with Gasteiger partial charge in [0.2, 0.25) is 0 Å². The molecule has 16 heavy (non-hydrogen) atoms. The Labute approximate surface area is 93.4 Å². The second kappa shape index (κ2) is 4.18. The van der Waals surface area contributed by atoms with Crippen LogP contribution in [0.4, 0.5) is 5.69 Å². The van der Waals surface area contributed by atoms with Crippen LogP contribution in [0, 0.1) is 10.1 Å². The highest BCUT2D eigenvalue weighted by molar-refractivity contribution is 5.68. The summed E-state index contributed by atoms with van der Waals surface area (Å²) in [6.45, 7) is 1.98. The molecule has 1 aliphatic rings. The average Bonchev–Trinajstić information content (AvgIpc) is 2.29. The molecule has 0 saturated heterocycles. The van der Waals surface area contributed by atoms with E-state index in [0.717, 1.165) is 23.4 Å². The molecular weight excluding hydrogens is 204 g/mol. The summed E-state index contributed by atoms with van der Waals surface area (Å²) in [6.07, 6.45) is 4.95. The normalized spacial score (nSPS) is 14.8. The first-order valence-electron chi connectivity index (χ1n) is 5.05. The van der Waals surface area contributed by atoms with E-state index in [0.29, 0.717) is 0 Å². The lowest BCUT2D eigenvalue weighted by molar-refractivity contribution is -0.384. The van der Waals surface area contributed by atoms with Crippen LogP contribution in [-0.4, -0.2) is 4.92 Å². The van der Waals surface area contributed by atoms with Gasteiger partial charge >= 0.3 is 0 Å². The molecular formula is C12H12N2O2. The monoisotopic (exact) mass is 216 g/mol. The van der Waals surface area contributed by atoms with Crippen molar-refractivity contribution in [2.24, 2.45) is 0 Å². The number of nitrogens with zero attached hydrogens (tertiary/aromatic N) is 1. The van der Waals surface area contributed by atoms with Crippen molar-refractivity contribution < 1.29 is 4.92 Å². The first-order chi connectivity index (χ1) is 7.66. The van der Waals surface area contributed by atoms with Crippen LogP contribution in [0.3, 0.4) is 0 Å². The standard InChI is InChI=1S/C12H12N2O2/c1-9-4-2-7-12(13-9)10-5-3-6-11(8-10)14(15)16/h3-8,13H,2H2,1H3. The number of nitrogens with one attached hydrogen (secondary N) is 1. The van der Waals surface area contributed by atoms with Gasteiger partial charge in [-0.15, -0.1) is 0 Å². The Morgan fingerprint density at radius 2 is 2.19 bits per heavy atom. The summed E-state index contributed by atoms with van der Waals surface area (Å²) in [7, 11) is 0. The van der Waals surface area contributed by atoms with E-state index < -0.39 is 0 Å². The number of allylic oxidation sites excluding steroid dienone is 3. The molecule has 0 amide bonds. The molecule has 1 heterocycles. The number of non-ortho nitro benzene ring substituents is 1. The molecule has 1 aliphatic heterocycles. The molecule has 0 aliphatic carbocycles. The molecule has 1 aromatic carbocycles. The van der Waals surface area contributed by atoms with E-state index >= 15 is 0 Å². The van der Waals surface area contributed by atoms with E-state index in [-0.39, 0.29) is 10.6 Å². The molecule has 0 saturated carbocycles. The minimum atomic E-state index is -0.379. The number of dihydropyridines is 1. The summed E-state index contributed by atoms with van der Waals surface area (Å²) in [5, 5.41) is 13.9. The summed E-state index contributed by atoms with van der Waals surface area (Å²) < 4.78 is 0. The first-order valence-corrected chi connectivity index (χ1v) is 5.05. The minimum absolute atomic E-state index is 0.118. The predicted octanol–water partition coefficient (Wildman–Crippen LogP) is 2.83. The van der Waals surface area contributed by atoms with E-state index in [1.54, 1.807) is 12.1 Å². The van der Waals surface area contributed by atoms with Crippen LogP contribution in [0.25, 0.3) is 5.70 Å². The molecule has 0 bridgehead atoms. The molecule has 4 heteroatoms. The van der Waals surface area contributed by atoms with Crippen molar-refractivity contribution in [1.82, 2.24) is 5.32 Å². The van der Waals surface area contributed by atoms with E-state index in [9.17, 15) is 10.1 Å². The van der Waals surface area contributed by atoms with Crippen LogP contribution in [0.15, 0.2) is 42.1 Å². The number of benzene rings is 1. The highest BCUT2D eigenvalue weighted by atomic mass is 16.6. The lowest BCUT2D eigenvalue weighted by atomic mass is 10.1. The van der Waals surface area contributed by atoms with Gasteiger partial charge < -0.3 is 5.32 Å². The van der Waals surface area contributed by atoms with E-state index in [1.807, 2.05) is 19.1 Å². The lowest BCUT2D eigenvalue weighted by Gasteiger charge is -2.15. The number of hydrogen-bond acceptors (Lipinski definition) is 3. The van der Waals surface area contributed by atoms with Crippen molar-refractivity contribution in [2.75, 3.05) is 0 Å². The van der Waals surface area contributed by atoms with Gasteiger partial charge in [-0.1, -0.05) is 24.3 Å². The second-order valence-electron chi connectivity index (χ2n) is 3.67. The third-order valence-electron chi connectivity index (χ3n) is 2.45. The van der Waals surface area contributed by atoms with Gasteiger partial charge in [0.15, 0.2) is 0 Å². The number of nitro benzene ring substituents is 1. The summed E-state index contributed by atoms with van der Waals surface area (Å²) in [4.78, 5) is 10.3. The smallest absolute Gasteiger partial charge is 0.270 e. The van der Waals surface area contributed by atoms with Crippen molar-refractivity contribution in [3.63, 3.8) is 0 Å². The van der Waals surface area contributed by atoms with Gasteiger partial charge in [0, 0.05) is 29.1 Å². The Balaban J connectivity index is 2.31. The maximum atomic E-state index is 10.7. The Kier molecular flexibility index (Phi) is 2.72. The van der Waals surface area contributed by atoms with Crippen LogP contribution < -0.4 is 5.32 Å². The number of hydrogen-bond donors (Lipinski definition) is 1. The largest absolute Gasteiger partial charge is 0.359 e. The molecule has 0 unspecified atom stereocenters. The van der Waals surface area contributed by atoms with Gasteiger partial charge in [-0.05, 0) is 13.3 Å². The summed E-state index contributed by atoms with van der Waals surface area (Å²) in [6, 6.07) is 6.64. The maximum absolute atomic E-state index is 10.7. The van der Waals surface area contributed by atoms with Crippen LogP contribution in [0.2, 0.25) is 0 Å². The van der Waals surface area contributed by atoms with Gasteiger partial charge in [-0.3, -0.25) is 10.1 Å². The summed E-state index contributed by atoms with van der Waals surface area (Å²) in [5.41, 5.74) is 2.97. The Hall–Kier alpha value is -2.10. The zero-order chi connectivity index (χ0) is 11.5. The van der Waals surface area contributed by atoms with Crippen LogP contribution in [0.1, 0.15) is 18.9 Å². The molecule has 0 aromatic heterocycles. The van der Waals surface area contributed by atoms with Crippen molar-refractivity contribution in [2.45, 2.75) is 13.3 Å². The Bertz CT molecular complexity index is 490. The zero-order valence-electron chi connectivity index (χ0n) is 8.93. The number of nitro groups is 1. The quantitative estimate of drug-likeness (QED) is 0.611. The fourth-order valence-corrected chi connectivity index (χ4v) is 1.65. The van der Waals surface area contributed by atoms with Crippen LogP contribution in [0.5, 0.6) is 0 Å². The maximum Gasteiger partial charge on any atom is 0.270 e. The van der Waals surface area contributed by atoms with E-state index in [2.05, 4.69) is 11.4 Å². The summed E-state index contributed by atoms with van der Waals surface area (Å²) >= 11 is 0. The Morgan fingerprint density at radius 3 is 2.88 bits per heavy atom. The van der Waals surface area contributed by atoms with Gasteiger partial charge in [0.05, 0.1) is 4.92 Å². The van der Waals surface area contributed by atoms with Crippen LogP contribution >= 0.6 is 0 Å². The highest BCUT2D eigenvalue weighted by Gasteiger charge is 2.10. The Morgan fingerprint density at radius 1 is 1.38 bits per heavy atom. The zero-order valence-corrected chi connectivity index (χ0v) is 8.93. The third-order valence-corrected chi connectivity index (χ3v) is 2.45. The van der Waals surface area contributed by atoms with Gasteiger partial charge in [0.25, 0.3) is 5.69 Å².